The van der Waals surface area contributed by atoms with Crippen LogP contribution in [0.3, 0.4) is 0 Å². The van der Waals surface area contributed by atoms with Crippen LogP contribution < -0.4 is 0 Å². The van der Waals surface area contributed by atoms with Gasteiger partial charge in [-0.3, -0.25) is 4.98 Å². The highest BCUT2D eigenvalue weighted by atomic mass is 15.0. The van der Waals surface area contributed by atoms with E-state index >= 15 is 0 Å². The number of nitrogens with one attached hydrogen (secondary N) is 1. The highest BCUT2D eigenvalue weighted by molar-refractivity contribution is 5.79. The molecule has 4 aromatic heterocycles. The van der Waals surface area contributed by atoms with Gasteiger partial charge < -0.3 is 9.55 Å². The van der Waals surface area contributed by atoms with Gasteiger partial charge in [0.05, 0.1) is 12.0 Å². The van der Waals surface area contributed by atoms with E-state index in [-0.39, 0.29) is 0 Å². The summed E-state index contributed by atoms with van der Waals surface area (Å²) in [7, 11) is 1.99. The Morgan fingerprint density at radius 3 is 2.75 bits per heavy atom. The standard InChI is InChI=1S/C19H19N5/c1-24-12-17(23-13-24)7-6-16-5-4-14(10-21-16)9-15-11-22-19-18(15)3-2-8-20-19/h2-5,8,10-13H,6-7,9H2,1H3,(H,20,22). The molecule has 0 fully saturated rings. The number of H-pyrrole nitrogens is 1. The van der Waals surface area contributed by atoms with E-state index in [1.807, 2.05) is 36.4 Å². The second-order valence-electron chi connectivity index (χ2n) is 6.08. The number of aryl methyl sites for hydroxylation is 3. The third-order valence-electron chi connectivity index (χ3n) is 4.21. The first-order valence-corrected chi connectivity index (χ1v) is 8.09. The summed E-state index contributed by atoms with van der Waals surface area (Å²) in [4.78, 5) is 16.5. The Bertz CT molecular complexity index is 949. The molecule has 4 rings (SSSR count). The van der Waals surface area contributed by atoms with Gasteiger partial charge in [-0.05, 0) is 42.2 Å². The molecule has 0 aliphatic rings. The molecule has 0 bridgehead atoms. The van der Waals surface area contributed by atoms with Gasteiger partial charge in [-0.15, -0.1) is 0 Å². The molecule has 0 aliphatic heterocycles. The molecule has 0 saturated heterocycles. The van der Waals surface area contributed by atoms with Gasteiger partial charge in [0.15, 0.2) is 0 Å². The highest BCUT2D eigenvalue weighted by Gasteiger charge is 2.06. The van der Waals surface area contributed by atoms with Gasteiger partial charge in [0.2, 0.25) is 0 Å². The third kappa shape index (κ3) is 3.06. The molecule has 0 radical (unpaired) electrons. The topological polar surface area (TPSA) is 59.4 Å². The second kappa shape index (κ2) is 6.28. The second-order valence-corrected chi connectivity index (χ2v) is 6.08. The van der Waals surface area contributed by atoms with Crippen molar-refractivity contribution in [2.45, 2.75) is 19.3 Å². The van der Waals surface area contributed by atoms with Crippen LogP contribution in [0.4, 0.5) is 0 Å². The van der Waals surface area contributed by atoms with Crippen LogP contribution in [-0.2, 0) is 26.3 Å². The van der Waals surface area contributed by atoms with Crippen LogP contribution in [0.1, 0.15) is 22.5 Å². The quantitative estimate of drug-likeness (QED) is 0.615. The van der Waals surface area contributed by atoms with Gasteiger partial charge in [-0.1, -0.05) is 6.07 Å². The average molecular weight is 317 g/mol. The predicted molar refractivity (Wildman–Crippen MR) is 93.8 cm³/mol. The molecule has 4 aromatic rings. The number of aromatic amines is 1. The van der Waals surface area contributed by atoms with Crippen molar-refractivity contribution in [3.63, 3.8) is 0 Å². The largest absolute Gasteiger partial charge is 0.346 e. The van der Waals surface area contributed by atoms with Crippen LogP contribution in [0.2, 0.25) is 0 Å². The van der Waals surface area contributed by atoms with E-state index in [9.17, 15) is 0 Å². The summed E-state index contributed by atoms with van der Waals surface area (Å²) in [5.74, 6) is 0. The fourth-order valence-corrected chi connectivity index (χ4v) is 2.94. The molecule has 24 heavy (non-hydrogen) atoms. The van der Waals surface area contributed by atoms with Crippen molar-refractivity contribution < 1.29 is 0 Å². The Morgan fingerprint density at radius 2 is 1.96 bits per heavy atom. The molecule has 0 unspecified atom stereocenters. The Balaban J connectivity index is 1.43. The molecule has 120 valence electrons. The summed E-state index contributed by atoms with van der Waals surface area (Å²) in [5, 5.41) is 1.18. The fraction of sp³-hybridized carbons (Fsp3) is 0.211. The molecular formula is C19H19N5. The van der Waals surface area contributed by atoms with Crippen molar-refractivity contribution in [1.29, 1.82) is 0 Å². The molecule has 0 saturated carbocycles. The lowest BCUT2D eigenvalue weighted by Crippen LogP contribution is -1.96. The van der Waals surface area contributed by atoms with Gasteiger partial charge in [-0.2, -0.15) is 0 Å². The monoisotopic (exact) mass is 317 g/mol. The lowest BCUT2D eigenvalue weighted by Gasteiger charge is -2.03. The van der Waals surface area contributed by atoms with Crippen molar-refractivity contribution in [2.24, 2.45) is 7.05 Å². The number of pyridine rings is 2. The maximum absolute atomic E-state index is 4.60. The lowest BCUT2D eigenvalue weighted by molar-refractivity contribution is 0.879. The van der Waals surface area contributed by atoms with Crippen molar-refractivity contribution in [2.75, 3.05) is 0 Å². The van der Waals surface area contributed by atoms with Crippen LogP contribution >= 0.6 is 0 Å². The molecule has 0 amide bonds. The van der Waals surface area contributed by atoms with Crippen LogP contribution in [0.15, 0.2) is 55.4 Å². The van der Waals surface area contributed by atoms with Crippen LogP contribution in [0.5, 0.6) is 0 Å². The molecule has 5 nitrogen and oxygen atoms in total. The molecule has 0 spiro atoms. The van der Waals surface area contributed by atoms with Gasteiger partial charge >= 0.3 is 0 Å². The summed E-state index contributed by atoms with van der Waals surface area (Å²) < 4.78 is 1.97. The number of nitrogens with zero attached hydrogens (tertiary/aromatic N) is 4. The zero-order valence-corrected chi connectivity index (χ0v) is 13.6. The maximum Gasteiger partial charge on any atom is 0.137 e. The number of imidazole rings is 1. The SMILES string of the molecule is Cn1cnc(CCc2ccc(Cc3c[nH]c4ncccc34)cn2)c1. The smallest absolute Gasteiger partial charge is 0.137 e. The summed E-state index contributed by atoms with van der Waals surface area (Å²) >= 11 is 0. The summed E-state index contributed by atoms with van der Waals surface area (Å²) in [5.41, 5.74) is 5.61. The van der Waals surface area contributed by atoms with E-state index in [2.05, 4.69) is 44.3 Å². The minimum Gasteiger partial charge on any atom is -0.346 e. The molecular weight excluding hydrogens is 298 g/mol. The van der Waals surface area contributed by atoms with Gasteiger partial charge in [0, 0.05) is 49.3 Å². The number of hydrogen-bond donors (Lipinski definition) is 1. The van der Waals surface area contributed by atoms with Crippen LogP contribution in [0.25, 0.3) is 11.0 Å². The van der Waals surface area contributed by atoms with E-state index in [1.54, 1.807) is 6.20 Å². The van der Waals surface area contributed by atoms with Crippen LogP contribution in [0, 0.1) is 0 Å². The Kier molecular flexibility index (Phi) is 3.83. The minimum atomic E-state index is 0.860. The molecule has 0 aromatic carbocycles. The summed E-state index contributed by atoms with van der Waals surface area (Å²) in [6.07, 6.45) is 12.4. The number of fused-ring (bicyclic) bond motifs is 1. The van der Waals surface area contributed by atoms with Crippen molar-refractivity contribution in [3.05, 3.63) is 77.9 Å². The van der Waals surface area contributed by atoms with E-state index in [0.29, 0.717) is 0 Å². The van der Waals surface area contributed by atoms with Gasteiger partial charge in [0.1, 0.15) is 5.65 Å². The zero-order chi connectivity index (χ0) is 16.4. The maximum atomic E-state index is 4.60. The van der Waals surface area contributed by atoms with Crippen LogP contribution in [-0.4, -0.2) is 24.5 Å². The third-order valence-corrected chi connectivity index (χ3v) is 4.21. The van der Waals surface area contributed by atoms with Crippen molar-refractivity contribution in [3.8, 4) is 0 Å². The Hall–Kier alpha value is -2.95. The molecule has 1 N–H and O–H groups in total. The first-order chi connectivity index (χ1) is 11.8. The van der Waals surface area contributed by atoms with Gasteiger partial charge in [-0.25, -0.2) is 9.97 Å². The fourth-order valence-electron chi connectivity index (χ4n) is 2.94. The first-order valence-electron chi connectivity index (χ1n) is 8.09. The molecule has 0 atom stereocenters. The first kappa shape index (κ1) is 14.6. The number of hydrogen-bond acceptors (Lipinski definition) is 3. The zero-order valence-electron chi connectivity index (χ0n) is 13.6. The Morgan fingerprint density at radius 1 is 1.04 bits per heavy atom. The summed E-state index contributed by atoms with van der Waals surface area (Å²) in [6, 6.07) is 8.35. The van der Waals surface area contributed by atoms with E-state index in [1.165, 1.54) is 16.5 Å². The summed E-state index contributed by atoms with van der Waals surface area (Å²) in [6.45, 7) is 0. The van der Waals surface area contributed by atoms with E-state index in [0.717, 1.165) is 36.3 Å². The predicted octanol–water partition coefficient (Wildman–Crippen LogP) is 3.07. The highest BCUT2D eigenvalue weighted by Crippen LogP contribution is 2.19. The van der Waals surface area contributed by atoms with Crippen molar-refractivity contribution in [1.82, 2.24) is 24.5 Å². The van der Waals surface area contributed by atoms with E-state index in [4.69, 9.17) is 0 Å². The average Bonchev–Trinajstić information content (AvgIpc) is 3.21. The normalized spacial score (nSPS) is 11.2. The molecule has 4 heterocycles. The lowest BCUT2D eigenvalue weighted by atomic mass is 10.1. The number of aromatic nitrogens is 5. The van der Waals surface area contributed by atoms with Gasteiger partial charge in [0.25, 0.3) is 0 Å². The van der Waals surface area contributed by atoms with Crippen molar-refractivity contribution >= 4 is 11.0 Å². The molecule has 0 aliphatic carbocycles. The minimum absolute atomic E-state index is 0.860. The number of rotatable bonds is 5. The Labute approximate surface area is 140 Å². The van der Waals surface area contributed by atoms with E-state index < -0.39 is 0 Å². The molecule has 5 heteroatoms.